The number of nitrogens with one attached hydrogen (secondary N) is 1. The third-order valence-corrected chi connectivity index (χ3v) is 3.27. The van der Waals surface area contributed by atoms with Gasteiger partial charge in [-0.3, -0.25) is 4.98 Å². The first-order valence-electron chi connectivity index (χ1n) is 6.61. The van der Waals surface area contributed by atoms with Crippen molar-refractivity contribution in [2.45, 2.75) is 13.0 Å². The molecule has 2 N–H and O–H groups in total. The molecule has 0 aliphatic heterocycles. The predicted octanol–water partition coefficient (Wildman–Crippen LogP) is 1.36. The van der Waals surface area contributed by atoms with Gasteiger partial charge in [0.25, 0.3) is 0 Å². The lowest BCUT2D eigenvalue weighted by molar-refractivity contribution is 0.220. The van der Waals surface area contributed by atoms with Crippen molar-refractivity contribution >= 4 is 0 Å². The number of nitrogens with zero attached hydrogens (tertiary/aromatic N) is 2. The number of pyridine rings is 1. The fourth-order valence-electron chi connectivity index (χ4n) is 2.10. The average molecular weight is 259 g/mol. The molecule has 0 aliphatic rings. The quantitative estimate of drug-likeness (QED) is 0.789. The van der Waals surface area contributed by atoms with Crippen molar-refractivity contribution in [3.63, 3.8) is 0 Å². The van der Waals surface area contributed by atoms with Crippen LogP contribution in [-0.2, 0) is 20.0 Å². The maximum Gasteiger partial charge on any atom is 0.0475 e. The molecule has 2 heterocycles. The largest absolute Gasteiger partial charge is 0.396 e. The van der Waals surface area contributed by atoms with Gasteiger partial charge in [0.2, 0.25) is 0 Å². The van der Waals surface area contributed by atoms with Crippen molar-refractivity contribution in [1.82, 2.24) is 14.9 Å². The molecule has 2 aromatic rings. The maximum absolute atomic E-state index is 9.43. The van der Waals surface area contributed by atoms with Crippen LogP contribution in [0, 0.1) is 5.92 Å². The van der Waals surface area contributed by atoms with Crippen molar-refractivity contribution in [3.8, 4) is 0 Å². The average Bonchev–Trinajstić information content (AvgIpc) is 2.84. The van der Waals surface area contributed by atoms with Crippen LogP contribution in [0.15, 0.2) is 42.7 Å². The minimum absolute atomic E-state index is 0.177. The van der Waals surface area contributed by atoms with Gasteiger partial charge in [-0.1, -0.05) is 6.07 Å². The number of hydrogen-bond acceptors (Lipinski definition) is 3. The van der Waals surface area contributed by atoms with Gasteiger partial charge in [0, 0.05) is 50.5 Å². The molecule has 1 atom stereocenters. The molecule has 0 fully saturated rings. The van der Waals surface area contributed by atoms with Crippen LogP contribution in [0.25, 0.3) is 0 Å². The number of aliphatic hydroxyl groups is 1. The Bertz CT molecular complexity index is 481. The molecule has 0 amide bonds. The minimum Gasteiger partial charge on any atom is -0.396 e. The molecule has 0 radical (unpaired) electrons. The van der Waals surface area contributed by atoms with E-state index in [0.29, 0.717) is 0 Å². The summed E-state index contributed by atoms with van der Waals surface area (Å²) in [5.74, 6) is 0.204. The first kappa shape index (κ1) is 13.8. The van der Waals surface area contributed by atoms with Gasteiger partial charge in [-0.25, -0.2) is 0 Å². The van der Waals surface area contributed by atoms with Gasteiger partial charge in [-0.2, -0.15) is 0 Å². The Morgan fingerprint density at radius 2 is 2.21 bits per heavy atom. The lowest BCUT2D eigenvalue weighted by Gasteiger charge is -2.15. The summed E-state index contributed by atoms with van der Waals surface area (Å²) in [7, 11) is 2.04. The van der Waals surface area contributed by atoms with Crippen LogP contribution in [-0.4, -0.2) is 27.8 Å². The van der Waals surface area contributed by atoms with Gasteiger partial charge in [0.15, 0.2) is 0 Å². The molecule has 4 heteroatoms. The fourth-order valence-corrected chi connectivity index (χ4v) is 2.10. The molecule has 2 aromatic heterocycles. The highest BCUT2D eigenvalue weighted by molar-refractivity contribution is 5.06. The fraction of sp³-hybridized carbons (Fsp3) is 0.400. The summed E-state index contributed by atoms with van der Waals surface area (Å²) < 4.78 is 2.10. The molecule has 0 saturated carbocycles. The van der Waals surface area contributed by atoms with E-state index in [-0.39, 0.29) is 12.5 Å². The van der Waals surface area contributed by atoms with E-state index >= 15 is 0 Å². The molecular formula is C15H21N3O. The van der Waals surface area contributed by atoms with Crippen molar-refractivity contribution in [2.24, 2.45) is 13.0 Å². The molecule has 102 valence electrons. The number of rotatable bonds is 7. The van der Waals surface area contributed by atoms with Crippen LogP contribution in [0.3, 0.4) is 0 Å². The van der Waals surface area contributed by atoms with Gasteiger partial charge >= 0.3 is 0 Å². The molecule has 0 aliphatic carbocycles. The van der Waals surface area contributed by atoms with E-state index in [1.54, 1.807) is 6.20 Å². The van der Waals surface area contributed by atoms with E-state index in [2.05, 4.69) is 20.9 Å². The van der Waals surface area contributed by atoms with Crippen molar-refractivity contribution < 1.29 is 5.11 Å². The zero-order valence-corrected chi connectivity index (χ0v) is 11.3. The third-order valence-electron chi connectivity index (χ3n) is 3.27. The number of aromatic nitrogens is 2. The lowest BCUT2D eigenvalue weighted by Crippen LogP contribution is -2.27. The topological polar surface area (TPSA) is 50.1 Å². The van der Waals surface area contributed by atoms with E-state index in [4.69, 9.17) is 0 Å². The van der Waals surface area contributed by atoms with E-state index in [1.165, 1.54) is 5.69 Å². The smallest absolute Gasteiger partial charge is 0.0475 e. The summed E-state index contributed by atoms with van der Waals surface area (Å²) in [5.41, 5.74) is 2.27. The van der Waals surface area contributed by atoms with Crippen LogP contribution in [0.2, 0.25) is 0 Å². The van der Waals surface area contributed by atoms with Crippen molar-refractivity contribution in [2.75, 3.05) is 13.2 Å². The Morgan fingerprint density at radius 1 is 1.32 bits per heavy atom. The normalized spacial score (nSPS) is 12.5. The predicted molar refractivity (Wildman–Crippen MR) is 75.6 cm³/mol. The van der Waals surface area contributed by atoms with E-state index < -0.39 is 0 Å². The molecule has 4 nitrogen and oxygen atoms in total. The lowest BCUT2D eigenvalue weighted by atomic mass is 10.0. The molecule has 0 spiro atoms. The molecule has 0 saturated heterocycles. The molecule has 1 unspecified atom stereocenters. The molecule has 2 rings (SSSR count). The standard InChI is InChI=1S/C15H21N3O/c1-18-8-4-6-15(18)11-16-10-13(12-19)9-14-5-2-3-7-17-14/h2-8,13,16,19H,9-12H2,1H3. The number of hydrogen-bond donors (Lipinski definition) is 2. The highest BCUT2D eigenvalue weighted by Gasteiger charge is 2.09. The Morgan fingerprint density at radius 3 is 2.84 bits per heavy atom. The Kier molecular flexibility index (Phi) is 5.12. The second-order valence-electron chi connectivity index (χ2n) is 4.82. The van der Waals surface area contributed by atoms with Gasteiger partial charge in [-0.05, 0) is 36.6 Å². The second-order valence-corrected chi connectivity index (χ2v) is 4.82. The number of aliphatic hydroxyl groups excluding tert-OH is 1. The van der Waals surface area contributed by atoms with Crippen molar-refractivity contribution in [3.05, 3.63) is 54.1 Å². The Labute approximate surface area is 114 Å². The number of aryl methyl sites for hydroxylation is 1. The zero-order valence-electron chi connectivity index (χ0n) is 11.3. The summed E-state index contributed by atoms with van der Waals surface area (Å²) in [6, 6.07) is 10.0. The van der Waals surface area contributed by atoms with Gasteiger partial charge < -0.3 is 15.0 Å². The minimum atomic E-state index is 0.177. The zero-order chi connectivity index (χ0) is 13.5. The SMILES string of the molecule is Cn1cccc1CNCC(CO)Cc1ccccn1. The van der Waals surface area contributed by atoms with E-state index in [1.807, 2.05) is 37.5 Å². The van der Waals surface area contributed by atoms with Gasteiger partial charge in [-0.15, -0.1) is 0 Å². The van der Waals surface area contributed by atoms with Crippen LogP contribution < -0.4 is 5.32 Å². The highest BCUT2D eigenvalue weighted by atomic mass is 16.3. The summed E-state index contributed by atoms with van der Waals surface area (Å²) in [5, 5.41) is 12.8. The summed E-state index contributed by atoms with van der Waals surface area (Å²) >= 11 is 0. The van der Waals surface area contributed by atoms with E-state index in [9.17, 15) is 5.11 Å². The summed E-state index contributed by atoms with van der Waals surface area (Å²) in [6.07, 6.45) is 4.63. The summed E-state index contributed by atoms with van der Waals surface area (Å²) in [6.45, 7) is 1.79. The first-order chi connectivity index (χ1) is 9.29. The van der Waals surface area contributed by atoms with Gasteiger partial charge in [0.1, 0.15) is 0 Å². The third kappa shape index (κ3) is 4.19. The highest BCUT2D eigenvalue weighted by Crippen LogP contribution is 2.05. The Balaban J connectivity index is 1.78. The first-order valence-corrected chi connectivity index (χ1v) is 6.61. The monoisotopic (exact) mass is 259 g/mol. The van der Waals surface area contributed by atoms with Crippen LogP contribution >= 0.6 is 0 Å². The molecule has 0 bridgehead atoms. The maximum atomic E-state index is 9.43. The van der Waals surface area contributed by atoms with Crippen LogP contribution in [0.1, 0.15) is 11.4 Å². The molecule has 19 heavy (non-hydrogen) atoms. The van der Waals surface area contributed by atoms with Gasteiger partial charge in [0.05, 0.1) is 0 Å². The Hall–Kier alpha value is -1.65. The summed E-state index contributed by atoms with van der Waals surface area (Å²) in [4.78, 5) is 4.30. The van der Waals surface area contributed by atoms with Crippen LogP contribution in [0.5, 0.6) is 0 Å². The molecular weight excluding hydrogens is 238 g/mol. The molecule has 0 aromatic carbocycles. The van der Waals surface area contributed by atoms with Crippen molar-refractivity contribution in [1.29, 1.82) is 0 Å². The van der Waals surface area contributed by atoms with E-state index in [0.717, 1.165) is 25.2 Å². The second kappa shape index (κ2) is 7.07. The van der Waals surface area contributed by atoms with Crippen LogP contribution in [0.4, 0.5) is 0 Å².